The highest BCUT2D eigenvalue weighted by Crippen LogP contribution is 2.36. The summed E-state index contributed by atoms with van der Waals surface area (Å²) in [6, 6.07) is 6.76. The van der Waals surface area contributed by atoms with Crippen LogP contribution < -0.4 is 11.3 Å². The van der Waals surface area contributed by atoms with E-state index < -0.39 is 0 Å². The van der Waals surface area contributed by atoms with Gasteiger partial charge in [0.25, 0.3) is 0 Å². The number of hydrogen-bond acceptors (Lipinski definition) is 3. The number of methoxy groups -OCH3 is 1. The van der Waals surface area contributed by atoms with Gasteiger partial charge in [-0.1, -0.05) is 18.2 Å². The summed E-state index contributed by atoms with van der Waals surface area (Å²) in [5.41, 5.74) is 3.44. The molecule has 0 bridgehead atoms. The summed E-state index contributed by atoms with van der Waals surface area (Å²) in [4.78, 5) is 0. The maximum Gasteiger partial charge on any atom is 0.126 e. The van der Waals surface area contributed by atoms with Crippen molar-refractivity contribution in [3.8, 4) is 0 Å². The molecule has 3 nitrogen and oxygen atoms in total. The Morgan fingerprint density at radius 3 is 2.71 bits per heavy atom. The van der Waals surface area contributed by atoms with Gasteiger partial charge in [0.2, 0.25) is 0 Å². The van der Waals surface area contributed by atoms with Crippen LogP contribution in [0.4, 0.5) is 4.39 Å². The molecule has 94 valence electrons. The zero-order valence-electron chi connectivity index (χ0n) is 10.0. The van der Waals surface area contributed by atoms with E-state index in [0.29, 0.717) is 17.9 Å². The molecule has 0 saturated heterocycles. The molecule has 0 aromatic heterocycles. The standard InChI is InChI=1S/C13H19FN2O/c1-17-13(9-6-7-9)12(16-15)8-10-4-2-3-5-11(10)14/h2-5,9,12-13,16H,6-8,15H2,1H3. The lowest BCUT2D eigenvalue weighted by molar-refractivity contribution is 0.0508. The van der Waals surface area contributed by atoms with E-state index in [1.54, 1.807) is 19.2 Å². The van der Waals surface area contributed by atoms with Crippen LogP contribution in [-0.4, -0.2) is 19.3 Å². The van der Waals surface area contributed by atoms with E-state index in [9.17, 15) is 4.39 Å². The van der Waals surface area contributed by atoms with Crippen molar-refractivity contribution < 1.29 is 9.13 Å². The summed E-state index contributed by atoms with van der Waals surface area (Å²) in [5, 5.41) is 0. The molecule has 3 N–H and O–H groups in total. The second-order valence-electron chi connectivity index (χ2n) is 4.61. The second-order valence-corrected chi connectivity index (χ2v) is 4.61. The van der Waals surface area contributed by atoms with Gasteiger partial charge in [0.1, 0.15) is 5.82 Å². The fourth-order valence-electron chi connectivity index (χ4n) is 2.28. The van der Waals surface area contributed by atoms with E-state index in [2.05, 4.69) is 5.43 Å². The highest BCUT2D eigenvalue weighted by molar-refractivity contribution is 5.19. The molecular weight excluding hydrogens is 219 g/mol. The molecule has 2 rings (SSSR count). The van der Waals surface area contributed by atoms with Crippen molar-refractivity contribution >= 4 is 0 Å². The minimum absolute atomic E-state index is 0.0376. The average Bonchev–Trinajstić information content (AvgIpc) is 3.15. The van der Waals surface area contributed by atoms with Crippen LogP contribution in [0.15, 0.2) is 24.3 Å². The molecule has 1 saturated carbocycles. The van der Waals surface area contributed by atoms with E-state index in [1.165, 1.54) is 18.9 Å². The van der Waals surface area contributed by atoms with Crippen molar-refractivity contribution in [2.24, 2.45) is 11.8 Å². The highest BCUT2D eigenvalue weighted by Gasteiger charge is 2.36. The molecule has 0 radical (unpaired) electrons. The normalized spacial score (nSPS) is 19.0. The Kier molecular flexibility index (Phi) is 4.10. The molecule has 2 atom stereocenters. The largest absolute Gasteiger partial charge is 0.379 e. The fraction of sp³-hybridized carbons (Fsp3) is 0.538. The first-order chi connectivity index (χ1) is 8.26. The second kappa shape index (κ2) is 5.58. The summed E-state index contributed by atoms with van der Waals surface area (Å²) in [5.74, 6) is 5.94. The summed E-state index contributed by atoms with van der Waals surface area (Å²) in [6.07, 6.45) is 2.97. The summed E-state index contributed by atoms with van der Waals surface area (Å²) < 4.78 is 19.0. The number of hydrazine groups is 1. The number of hydrogen-bond donors (Lipinski definition) is 2. The zero-order chi connectivity index (χ0) is 12.3. The van der Waals surface area contributed by atoms with Crippen molar-refractivity contribution in [3.63, 3.8) is 0 Å². The third kappa shape index (κ3) is 3.03. The molecule has 17 heavy (non-hydrogen) atoms. The van der Waals surface area contributed by atoms with Gasteiger partial charge >= 0.3 is 0 Å². The molecule has 1 aromatic carbocycles. The maximum absolute atomic E-state index is 13.6. The Bertz CT molecular complexity index is 368. The minimum Gasteiger partial charge on any atom is -0.379 e. The summed E-state index contributed by atoms with van der Waals surface area (Å²) in [7, 11) is 1.69. The molecule has 0 aliphatic heterocycles. The van der Waals surface area contributed by atoms with Gasteiger partial charge < -0.3 is 4.74 Å². The molecule has 0 spiro atoms. The van der Waals surface area contributed by atoms with Crippen LogP contribution in [0.3, 0.4) is 0 Å². The summed E-state index contributed by atoms with van der Waals surface area (Å²) >= 11 is 0. The molecule has 1 aliphatic carbocycles. The predicted molar refractivity (Wildman–Crippen MR) is 64.7 cm³/mol. The number of benzene rings is 1. The monoisotopic (exact) mass is 238 g/mol. The Morgan fingerprint density at radius 2 is 2.18 bits per heavy atom. The molecule has 0 heterocycles. The highest BCUT2D eigenvalue weighted by atomic mass is 19.1. The quantitative estimate of drug-likeness (QED) is 0.585. The van der Waals surface area contributed by atoms with Gasteiger partial charge in [-0.25, -0.2) is 4.39 Å². The third-order valence-corrected chi connectivity index (χ3v) is 3.37. The summed E-state index contributed by atoms with van der Waals surface area (Å²) in [6.45, 7) is 0. The molecule has 0 amide bonds. The first kappa shape index (κ1) is 12.5. The first-order valence-corrected chi connectivity index (χ1v) is 5.98. The van der Waals surface area contributed by atoms with Gasteiger partial charge in [0, 0.05) is 7.11 Å². The molecule has 1 aromatic rings. The van der Waals surface area contributed by atoms with Gasteiger partial charge in [-0.05, 0) is 36.8 Å². The van der Waals surface area contributed by atoms with E-state index in [0.717, 1.165) is 0 Å². The lowest BCUT2D eigenvalue weighted by atomic mass is 9.98. The number of ether oxygens (including phenoxy) is 1. The van der Waals surface area contributed by atoms with Gasteiger partial charge in [-0.3, -0.25) is 11.3 Å². The van der Waals surface area contributed by atoms with E-state index in [1.807, 2.05) is 6.07 Å². The molecule has 4 heteroatoms. The molecule has 1 fully saturated rings. The van der Waals surface area contributed by atoms with Gasteiger partial charge in [-0.15, -0.1) is 0 Å². The van der Waals surface area contributed by atoms with Gasteiger partial charge in [-0.2, -0.15) is 0 Å². The average molecular weight is 238 g/mol. The van der Waals surface area contributed by atoms with Crippen LogP contribution in [0.2, 0.25) is 0 Å². The zero-order valence-corrected chi connectivity index (χ0v) is 10.0. The van der Waals surface area contributed by atoms with Gasteiger partial charge in [0.15, 0.2) is 0 Å². The lowest BCUT2D eigenvalue weighted by Gasteiger charge is -2.25. The Balaban J connectivity index is 2.06. The van der Waals surface area contributed by atoms with Crippen molar-refractivity contribution in [2.45, 2.75) is 31.4 Å². The van der Waals surface area contributed by atoms with E-state index in [4.69, 9.17) is 10.6 Å². The van der Waals surface area contributed by atoms with Crippen LogP contribution in [0.25, 0.3) is 0 Å². The van der Waals surface area contributed by atoms with E-state index in [-0.39, 0.29) is 18.0 Å². The minimum atomic E-state index is -0.182. The smallest absolute Gasteiger partial charge is 0.126 e. The Morgan fingerprint density at radius 1 is 1.47 bits per heavy atom. The number of nitrogens with two attached hydrogens (primary N) is 1. The number of halogens is 1. The van der Waals surface area contributed by atoms with Crippen LogP contribution in [0, 0.1) is 11.7 Å². The molecule has 1 aliphatic rings. The number of rotatable bonds is 6. The molecular formula is C13H19FN2O. The van der Waals surface area contributed by atoms with Crippen molar-refractivity contribution in [2.75, 3.05) is 7.11 Å². The lowest BCUT2D eigenvalue weighted by Crippen LogP contribution is -2.47. The fourth-order valence-corrected chi connectivity index (χ4v) is 2.28. The Labute approximate surface area is 101 Å². The third-order valence-electron chi connectivity index (χ3n) is 3.37. The first-order valence-electron chi connectivity index (χ1n) is 5.98. The van der Waals surface area contributed by atoms with Gasteiger partial charge in [0.05, 0.1) is 12.1 Å². The van der Waals surface area contributed by atoms with E-state index >= 15 is 0 Å². The van der Waals surface area contributed by atoms with Crippen LogP contribution >= 0.6 is 0 Å². The SMILES string of the molecule is COC(C1CC1)C(Cc1ccccc1F)NN. The molecule has 2 unspecified atom stereocenters. The van der Waals surface area contributed by atoms with Crippen molar-refractivity contribution in [1.82, 2.24) is 5.43 Å². The Hall–Kier alpha value is -0.970. The van der Waals surface area contributed by atoms with Crippen molar-refractivity contribution in [3.05, 3.63) is 35.6 Å². The van der Waals surface area contributed by atoms with Crippen molar-refractivity contribution in [1.29, 1.82) is 0 Å². The number of nitrogens with one attached hydrogen (secondary N) is 1. The topological polar surface area (TPSA) is 47.3 Å². The van der Waals surface area contributed by atoms with Crippen LogP contribution in [-0.2, 0) is 11.2 Å². The maximum atomic E-state index is 13.6. The van der Waals surface area contributed by atoms with Crippen LogP contribution in [0.1, 0.15) is 18.4 Å². The predicted octanol–water partition coefficient (Wildman–Crippen LogP) is 1.63. The van der Waals surface area contributed by atoms with Crippen LogP contribution in [0.5, 0.6) is 0 Å².